The minimum atomic E-state index is -0.926. The zero-order valence-corrected chi connectivity index (χ0v) is 27.3. The molecule has 3 aromatic carbocycles. The van der Waals surface area contributed by atoms with Crippen LogP contribution in [0.25, 0.3) is 5.76 Å². The number of aliphatic hydroxyl groups is 1. The Labute approximate surface area is 271 Å². The van der Waals surface area contributed by atoms with Gasteiger partial charge in [0.25, 0.3) is 5.78 Å². The number of aryl methyl sites for hydroxylation is 1. The number of carbonyl (C=O) groups is 2. The van der Waals surface area contributed by atoms with Gasteiger partial charge in [0.2, 0.25) is 5.13 Å². The first kappa shape index (κ1) is 30.9. The van der Waals surface area contributed by atoms with Gasteiger partial charge >= 0.3 is 5.91 Å². The summed E-state index contributed by atoms with van der Waals surface area (Å²) >= 11 is 2.76. The van der Waals surface area contributed by atoms with E-state index in [4.69, 9.17) is 9.47 Å². The molecule has 8 nitrogen and oxygen atoms in total. The normalized spacial score (nSPS) is 18.8. The first-order chi connectivity index (χ1) is 21.7. The minimum absolute atomic E-state index is 0.00435. The van der Waals surface area contributed by atoms with Crippen LogP contribution in [-0.4, -0.2) is 39.7 Å². The summed E-state index contributed by atoms with van der Waals surface area (Å²) in [5.41, 5.74) is 4.35. The number of Topliss-reactive ketones (excluding diaryl/α,β-unsaturated/α-hetero) is 1. The quantitative estimate of drug-likeness (QED) is 0.0624. The van der Waals surface area contributed by atoms with Crippen LogP contribution in [0.15, 0.2) is 76.6 Å². The SMILES string of the molecule is Cc1ccc(CSc2nnc(N3C(=O)C(=O)C(=C(O)c4ccc5c(c4)CC(C)O5)C3c3cccc(OCCC(C)C)c3)s2)cc1. The van der Waals surface area contributed by atoms with Crippen LogP contribution in [0.3, 0.4) is 0 Å². The highest BCUT2D eigenvalue weighted by atomic mass is 32.2. The number of amides is 1. The van der Waals surface area contributed by atoms with Crippen LogP contribution < -0.4 is 14.4 Å². The van der Waals surface area contributed by atoms with Gasteiger partial charge in [0, 0.05) is 17.7 Å². The third kappa shape index (κ3) is 6.62. The molecule has 45 heavy (non-hydrogen) atoms. The molecule has 0 radical (unpaired) electrons. The van der Waals surface area contributed by atoms with Gasteiger partial charge in [-0.2, -0.15) is 0 Å². The summed E-state index contributed by atoms with van der Waals surface area (Å²) in [4.78, 5) is 28.8. The number of anilines is 1. The van der Waals surface area contributed by atoms with E-state index < -0.39 is 17.7 Å². The zero-order chi connectivity index (χ0) is 31.7. The van der Waals surface area contributed by atoms with Gasteiger partial charge < -0.3 is 14.6 Å². The summed E-state index contributed by atoms with van der Waals surface area (Å²) in [5.74, 6) is 0.757. The average molecular weight is 642 g/mol. The second-order valence-corrected chi connectivity index (χ2v) is 14.0. The number of benzene rings is 3. The fourth-order valence-electron chi connectivity index (χ4n) is 5.44. The van der Waals surface area contributed by atoms with Gasteiger partial charge in [-0.1, -0.05) is 78.9 Å². The third-order valence-corrected chi connectivity index (χ3v) is 9.96. The molecule has 0 aliphatic carbocycles. The molecule has 3 heterocycles. The number of aliphatic hydroxyl groups excluding tert-OH is 1. The fraction of sp³-hybridized carbons (Fsp3) is 0.314. The van der Waals surface area contributed by atoms with E-state index in [9.17, 15) is 14.7 Å². The molecule has 1 amide bonds. The maximum Gasteiger partial charge on any atom is 0.301 e. The molecular weight excluding hydrogens is 607 g/mol. The van der Waals surface area contributed by atoms with Crippen molar-refractivity contribution in [3.8, 4) is 11.5 Å². The lowest BCUT2D eigenvalue weighted by molar-refractivity contribution is -0.132. The van der Waals surface area contributed by atoms with Gasteiger partial charge in [-0.3, -0.25) is 14.5 Å². The van der Waals surface area contributed by atoms with E-state index in [-0.39, 0.29) is 22.6 Å². The van der Waals surface area contributed by atoms with Crippen molar-refractivity contribution in [1.29, 1.82) is 0 Å². The van der Waals surface area contributed by atoms with E-state index in [0.29, 0.717) is 45.9 Å². The van der Waals surface area contributed by atoms with Crippen molar-refractivity contribution in [1.82, 2.24) is 10.2 Å². The van der Waals surface area contributed by atoms with E-state index >= 15 is 0 Å². The lowest BCUT2D eigenvalue weighted by Crippen LogP contribution is -2.29. The summed E-state index contributed by atoms with van der Waals surface area (Å²) < 4.78 is 12.5. The second-order valence-electron chi connectivity index (χ2n) is 11.9. The molecule has 2 atom stereocenters. The lowest BCUT2D eigenvalue weighted by Gasteiger charge is -2.23. The number of ether oxygens (including phenoxy) is 2. The van der Waals surface area contributed by atoms with Gasteiger partial charge in [-0.25, -0.2) is 0 Å². The summed E-state index contributed by atoms with van der Waals surface area (Å²) in [5, 5.41) is 20.7. The lowest BCUT2D eigenvalue weighted by atomic mass is 9.94. The Kier molecular flexibility index (Phi) is 8.96. The maximum atomic E-state index is 13.7. The van der Waals surface area contributed by atoms with E-state index in [1.807, 2.05) is 44.2 Å². The molecule has 0 saturated carbocycles. The standard InChI is InChI=1S/C35H35N3O5S2/c1-20(2)14-15-42-27-7-5-6-24(18-27)30-29(31(39)25-12-13-28-26(17-25)16-22(4)43-28)32(40)33(41)38(30)34-36-37-35(45-34)44-19-23-10-8-21(3)9-11-23/h5-13,17-18,20,22,30,39H,14-16,19H2,1-4H3. The van der Waals surface area contributed by atoms with Crippen LogP contribution in [0.2, 0.25) is 0 Å². The summed E-state index contributed by atoms with van der Waals surface area (Å²) in [6.45, 7) is 8.83. The predicted molar refractivity (Wildman–Crippen MR) is 177 cm³/mol. The molecule has 10 heteroatoms. The maximum absolute atomic E-state index is 13.7. The fourth-order valence-corrected chi connectivity index (χ4v) is 7.27. The van der Waals surface area contributed by atoms with Crippen LogP contribution in [0, 0.1) is 12.8 Å². The highest BCUT2D eigenvalue weighted by Gasteiger charge is 2.48. The molecule has 6 rings (SSSR count). The summed E-state index contributed by atoms with van der Waals surface area (Å²) in [6.07, 6.45) is 1.60. The van der Waals surface area contributed by atoms with Gasteiger partial charge in [0.1, 0.15) is 23.4 Å². The van der Waals surface area contributed by atoms with Crippen molar-refractivity contribution >= 4 is 45.7 Å². The molecule has 2 aliphatic heterocycles. The van der Waals surface area contributed by atoms with E-state index in [0.717, 1.165) is 23.3 Å². The van der Waals surface area contributed by atoms with Crippen molar-refractivity contribution in [2.45, 2.75) is 62.8 Å². The number of carbonyl (C=O) groups excluding carboxylic acids is 2. The Morgan fingerprint density at radius 2 is 1.91 bits per heavy atom. The second kappa shape index (κ2) is 13.1. The van der Waals surface area contributed by atoms with Crippen LogP contribution >= 0.6 is 23.1 Å². The molecule has 0 spiro atoms. The van der Waals surface area contributed by atoms with Crippen LogP contribution in [0.4, 0.5) is 5.13 Å². The van der Waals surface area contributed by atoms with Crippen molar-refractivity contribution < 1.29 is 24.2 Å². The number of fused-ring (bicyclic) bond motifs is 1. The molecule has 1 N–H and O–H groups in total. The van der Waals surface area contributed by atoms with Crippen LogP contribution in [0.1, 0.15) is 61.1 Å². The largest absolute Gasteiger partial charge is 0.507 e. The highest BCUT2D eigenvalue weighted by molar-refractivity contribution is 8.00. The Hall–Kier alpha value is -4.15. The monoisotopic (exact) mass is 641 g/mol. The van der Waals surface area contributed by atoms with E-state index in [1.165, 1.54) is 33.6 Å². The summed E-state index contributed by atoms with van der Waals surface area (Å²) in [7, 11) is 0. The average Bonchev–Trinajstić information content (AvgIpc) is 3.71. The predicted octanol–water partition coefficient (Wildman–Crippen LogP) is 7.51. The van der Waals surface area contributed by atoms with E-state index in [1.54, 1.807) is 12.1 Å². The van der Waals surface area contributed by atoms with Gasteiger partial charge in [0.15, 0.2) is 4.34 Å². The molecule has 2 unspecified atom stereocenters. The smallest absolute Gasteiger partial charge is 0.301 e. The van der Waals surface area contributed by atoms with Crippen molar-refractivity contribution in [2.75, 3.05) is 11.5 Å². The number of ketones is 1. The zero-order valence-electron chi connectivity index (χ0n) is 25.6. The van der Waals surface area contributed by atoms with Crippen molar-refractivity contribution in [3.63, 3.8) is 0 Å². The molecule has 1 fully saturated rings. The molecule has 1 aromatic heterocycles. The minimum Gasteiger partial charge on any atom is -0.507 e. The Balaban J connectivity index is 1.37. The van der Waals surface area contributed by atoms with Crippen LogP contribution in [-0.2, 0) is 21.8 Å². The van der Waals surface area contributed by atoms with Gasteiger partial charge in [0.05, 0.1) is 18.2 Å². The highest BCUT2D eigenvalue weighted by Crippen LogP contribution is 2.45. The number of nitrogens with zero attached hydrogens (tertiary/aromatic N) is 3. The molecule has 4 aromatic rings. The first-order valence-electron chi connectivity index (χ1n) is 15.0. The Morgan fingerprint density at radius 1 is 1.11 bits per heavy atom. The Bertz CT molecular complexity index is 1770. The number of hydrogen-bond donors (Lipinski definition) is 1. The van der Waals surface area contributed by atoms with Crippen LogP contribution in [0.5, 0.6) is 11.5 Å². The number of rotatable bonds is 10. The summed E-state index contributed by atoms with van der Waals surface area (Å²) in [6, 6.07) is 20.0. The molecule has 232 valence electrons. The third-order valence-electron chi connectivity index (χ3n) is 7.84. The number of thioether (sulfide) groups is 1. The molecule has 0 bridgehead atoms. The Morgan fingerprint density at radius 3 is 2.69 bits per heavy atom. The van der Waals surface area contributed by atoms with E-state index in [2.05, 4.69) is 48.3 Å². The first-order valence-corrected chi connectivity index (χ1v) is 16.8. The number of hydrogen-bond acceptors (Lipinski definition) is 9. The van der Waals surface area contributed by atoms with Crippen molar-refractivity contribution in [2.24, 2.45) is 5.92 Å². The molecule has 1 saturated heterocycles. The molecular formula is C35H35N3O5S2. The molecule has 2 aliphatic rings. The van der Waals surface area contributed by atoms with Crippen molar-refractivity contribution in [3.05, 3.63) is 100 Å². The topological polar surface area (TPSA) is 102 Å². The number of aromatic nitrogens is 2. The van der Waals surface area contributed by atoms with Gasteiger partial charge in [-0.15, -0.1) is 10.2 Å². The van der Waals surface area contributed by atoms with Gasteiger partial charge in [-0.05, 0) is 73.2 Å².